The maximum atomic E-state index is 12.7. The summed E-state index contributed by atoms with van der Waals surface area (Å²) in [4.78, 5) is 17.2. The van der Waals surface area contributed by atoms with Gasteiger partial charge in [0.05, 0.1) is 5.69 Å². The largest absolute Gasteiger partial charge is 0.321 e. The number of pyridine rings is 1. The number of anilines is 1. The fourth-order valence-electron chi connectivity index (χ4n) is 2.57. The van der Waals surface area contributed by atoms with Gasteiger partial charge in [0.15, 0.2) is 0 Å². The number of fused-ring (bicyclic) bond motifs is 1. The average Bonchev–Trinajstić information content (AvgIpc) is 2.75. The molecule has 1 N–H and O–H groups in total. The van der Waals surface area contributed by atoms with Crippen molar-refractivity contribution in [1.29, 1.82) is 0 Å². The third kappa shape index (κ3) is 2.64. The number of hydrogen-bond donors (Lipinski definition) is 1. The Hall–Kier alpha value is -2.14. The van der Waals surface area contributed by atoms with Gasteiger partial charge < -0.3 is 5.32 Å². The van der Waals surface area contributed by atoms with Crippen LogP contribution in [0.4, 0.5) is 5.69 Å². The minimum atomic E-state index is -0.159. The number of imidazole rings is 1. The van der Waals surface area contributed by atoms with E-state index in [0.29, 0.717) is 11.4 Å². The van der Waals surface area contributed by atoms with Crippen molar-refractivity contribution in [2.75, 3.05) is 5.32 Å². The lowest BCUT2D eigenvalue weighted by atomic mass is 10.2. The number of halogens is 1. The van der Waals surface area contributed by atoms with E-state index in [4.69, 9.17) is 0 Å². The molecule has 112 valence electrons. The lowest BCUT2D eigenvalue weighted by Gasteiger charge is -2.07. The SMILES string of the molecule is Cc1cccc(NC(=O)c2c(C)nc3c(C)cc(Br)cn23)c1. The third-order valence-corrected chi connectivity index (χ3v) is 3.97. The minimum absolute atomic E-state index is 0.159. The summed E-state index contributed by atoms with van der Waals surface area (Å²) in [5.41, 5.74) is 4.98. The zero-order valence-corrected chi connectivity index (χ0v) is 14.2. The molecule has 0 aliphatic rings. The van der Waals surface area contributed by atoms with E-state index in [1.54, 1.807) is 0 Å². The fourth-order valence-corrected chi connectivity index (χ4v) is 3.12. The fraction of sp³-hybridized carbons (Fsp3) is 0.176. The highest BCUT2D eigenvalue weighted by atomic mass is 79.9. The molecule has 22 heavy (non-hydrogen) atoms. The van der Waals surface area contributed by atoms with Crippen molar-refractivity contribution in [3.63, 3.8) is 0 Å². The first-order valence-electron chi connectivity index (χ1n) is 6.98. The van der Waals surface area contributed by atoms with Crippen LogP contribution in [-0.2, 0) is 0 Å². The molecule has 3 aromatic rings. The van der Waals surface area contributed by atoms with Crippen LogP contribution in [0.15, 0.2) is 41.0 Å². The smallest absolute Gasteiger partial charge is 0.274 e. The number of nitrogens with one attached hydrogen (secondary N) is 1. The number of nitrogens with zero attached hydrogens (tertiary/aromatic N) is 2. The Morgan fingerprint density at radius 3 is 2.73 bits per heavy atom. The number of aromatic nitrogens is 2. The normalized spacial score (nSPS) is 10.9. The number of hydrogen-bond acceptors (Lipinski definition) is 2. The van der Waals surface area contributed by atoms with Gasteiger partial charge in [0, 0.05) is 16.4 Å². The maximum absolute atomic E-state index is 12.7. The van der Waals surface area contributed by atoms with Crippen LogP contribution in [0, 0.1) is 20.8 Å². The lowest BCUT2D eigenvalue weighted by Crippen LogP contribution is -2.15. The second kappa shape index (κ2) is 5.57. The van der Waals surface area contributed by atoms with Gasteiger partial charge in [-0.05, 0) is 66.0 Å². The lowest BCUT2D eigenvalue weighted by molar-refractivity contribution is 0.102. The molecular weight excluding hydrogens is 342 g/mol. The van der Waals surface area contributed by atoms with E-state index in [2.05, 4.69) is 26.2 Å². The van der Waals surface area contributed by atoms with Gasteiger partial charge in [0.25, 0.3) is 5.91 Å². The number of amides is 1. The molecule has 0 atom stereocenters. The molecule has 0 saturated heterocycles. The van der Waals surface area contributed by atoms with Crippen molar-refractivity contribution in [1.82, 2.24) is 9.38 Å². The van der Waals surface area contributed by atoms with Crippen molar-refractivity contribution in [3.8, 4) is 0 Å². The minimum Gasteiger partial charge on any atom is -0.321 e. The van der Waals surface area contributed by atoms with Gasteiger partial charge >= 0.3 is 0 Å². The maximum Gasteiger partial charge on any atom is 0.274 e. The highest BCUT2D eigenvalue weighted by molar-refractivity contribution is 9.10. The van der Waals surface area contributed by atoms with Gasteiger partial charge in [-0.3, -0.25) is 9.20 Å². The average molecular weight is 358 g/mol. The Balaban J connectivity index is 2.06. The molecule has 0 unspecified atom stereocenters. The first-order valence-corrected chi connectivity index (χ1v) is 7.78. The number of benzene rings is 1. The van der Waals surface area contributed by atoms with Gasteiger partial charge in [-0.1, -0.05) is 12.1 Å². The van der Waals surface area contributed by atoms with Crippen molar-refractivity contribution < 1.29 is 4.79 Å². The molecule has 4 nitrogen and oxygen atoms in total. The molecule has 0 aliphatic heterocycles. The molecule has 1 amide bonds. The summed E-state index contributed by atoms with van der Waals surface area (Å²) in [6, 6.07) is 9.73. The monoisotopic (exact) mass is 357 g/mol. The Morgan fingerprint density at radius 1 is 1.23 bits per heavy atom. The van der Waals surface area contributed by atoms with Crippen LogP contribution in [-0.4, -0.2) is 15.3 Å². The molecule has 1 aromatic carbocycles. The first kappa shape index (κ1) is 14.8. The number of aryl methyl sites for hydroxylation is 3. The third-order valence-electron chi connectivity index (χ3n) is 3.54. The van der Waals surface area contributed by atoms with Crippen LogP contribution in [0.5, 0.6) is 0 Å². The van der Waals surface area contributed by atoms with E-state index < -0.39 is 0 Å². The van der Waals surface area contributed by atoms with Crippen LogP contribution in [0.3, 0.4) is 0 Å². The van der Waals surface area contributed by atoms with E-state index >= 15 is 0 Å². The predicted molar refractivity (Wildman–Crippen MR) is 91.5 cm³/mol. The summed E-state index contributed by atoms with van der Waals surface area (Å²) in [6.07, 6.45) is 1.87. The van der Waals surface area contributed by atoms with Gasteiger partial charge in [0.2, 0.25) is 0 Å². The van der Waals surface area contributed by atoms with Crippen LogP contribution in [0.1, 0.15) is 27.3 Å². The number of carbonyl (C=O) groups excluding carboxylic acids is 1. The molecule has 0 radical (unpaired) electrons. The number of rotatable bonds is 2. The molecule has 2 heterocycles. The summed E-state index contributed by atoms with van der Waals surface area (Å²) in [6.45, 7) is 5.83. The molecule has 0 aliphatic carbocycles. The molecule has 5 heteroatoms. The van der Waals surface area contributed by atoms with E-state index in [0.717, 1.165) is 26.9 Å². The van der Waals surface area contributed by atoms with Crippen LogP contribution in [0.2, 0.25) is 0 Å². The summed E-state index contributed by atoms with van der Waals surface area (Å²) >= 11 is 3.47. The van der Waals surface area contributed by atoms with Gasteiger partial charge in [-0.2, -0.15) is 0 Å². The van der Waals surface area contributed by atoms with Crippen molar-refractivity contribution in [2.24, 2.45) is 0 Å². The van der Waals surface area contributed by atoms with Crippen LogP contribution < -0.4 is 5.32 Å². The highest BCUT2D eigenvalue weighted by Gasteiger charge is 2.18. The van der Waals surface area contributed by atoms with Gasteiger partial charge in [-0.25, -0.2) is 4.98 Å². The van der Waals surface area contributed by atoms with Crippen LogP contribution >= 0.6 is 15.9 Å². The van der Waals surface area contributed by atoms with Crippen molar-refractivity contribution in [2.45, 2.75) is 20.8 Å². The molecule has 0 bridgehead atoms. The van der Waals surface area contributed by atoms with E-state index in [9.17, 15) is 4.79 Å². The zero-order chi connectivity index (χ0) is 15.9. The second-order valence-electron chi connectivity index (χ2n) is 5.40. The van der Waals surface area contributed by atoms with Crippen molar-refractivity contribution in [3.05, 3.63) is 63.5 Å². The summed E-state index contributed by atoms with van der Waals surface area (Å²) < 4.78 is 2.75. The molecular formula is C17H16BrN3O. The zero-order valence-electron chi connectivity index (χ0n) is 12.6. The molecule has 3 rings (SSSR count). The molecule has 2 aromatic heterocycles. The van der Waals surface area contributed by atoms with E-state index in [-0.39, 0.29) is 5.91 Å². The molecule has 0 spiro atoms. The predicted octanol–water partition coefficient (Wildman–Crippen LogP) is 4.27. The Morgan fingerprint density at radius 2 is 2.00 bits per heavy atom. The quantitative estimate of drug-likeness (QED) is 0.744. The van der Waals surface area contributed by atoms with E-state index in [1.165, 1.54) is 0 Å². The standard InChI is InChI=1S/C17H16BrN3O/c1-10-5-4-6-14(7-10)20-17(22)15-12(3)19-16-11(2)8-13(18)9-21(15)16/h4-9H,1-3H3,(H,20,22). The van der Waals surface area contributed by atoms with Crippen LogP contribution in [0.25, 0.3) is 5.65 Å². The summed E-state index contributed by atoms with van der Waals surface area (Å²) in [5.74, 6) is -0.159. The molecule has 0 fully saturated rings. The van der Waals surface area contributed by atoms with Gasteiger partial charge in [-0.15, -0.1) is 0 Å². The topological polar surface area (TPSA) is 46.4 Å². The second-order valence-corrected chi connectivity index (χ2v) is 6.32. The van der Waals surface area contributed by atoms with Gasteiger partial charge in [0.1, 0.15) is 11.3 Å². The summed E-state index contributed by atoms with van der Waals surface area (Å²) in [5, 5.41) is 2.94. The Kier molecular flexibility index (Phi) is 3.74. The first-order chi connectivity index (χ1) is 10.5. The summed E-state index contributed by atoms with van der Waals surface area (Å²) in [7, 11) is 0. The van der Waals surface area contributed by atoms with Crippen molar-refractivity contribution >= 4 is 33.2 Å². The van der Waals surface area contributed by atoms with E-state index in [1.807, 2.05) is 61.7 Å². The Bertz CT molecular complexity index is 883. The molecule has 0 saturated carbocycles. The Labute approximate surface area is 137 Å². The highest BCUT2D eigenvalue weighted by Crippen LogP contribution is 2.21. The number of carbonyl (C=O) groups is 1.